The van der Waals surface area contributed by atoms with Gasteiger partial charge in [0.1, 0.15) is 11.4 Å². The molecule has 1 aromatic rings. The summed E-state index contributed by atoms with van der Waals surface area (Å²) in [5, 5.41) is 3.28. The van der Waals surface area contributed by atoms with Crippen molar-refractivity contribution in [1.29, 1.82) is 0 Å². The Bertz CT molecular complexity index is 458. The predicted molar refractivity (Wildman–Crippen MR) is 81.6 cm³/mol. The number of ether oxygens (including phenoxy) is 2. The van der Waals surface area contributed by atoms with E-state index < -0.39 is 5.60 Å². The first-order valence-electron chi connectivity index (χ1n) is 6.75. The molecule has 112 valence electrons. The highest BCUT2D eigenvalue weighted by molar-refractivity contribution is 6.32. The summed E-state index contributed by atoms with van der Waals surface area (Å²) in [7, 11) is 1.53. The zero-order valence-corrected chi connectivity index (χ0v) is 13.2. The van der Waals surface area contributed by atoms with Crippen molar-refractivity contribution in [2.45, 2.75) is 39.2 Å². The largest absolute Gasteiger partial charge is 0.492 e. The number of halogens is 1. The second kappa shape index (κ2) is 7.50. The van der Waals surface area contributed by atoms with E-state index in [4.69, 9.17) is 21.1 Å². The quantitative estimate of drug-likeness (QED) is 0.831. The third-order valence-electron chi connectivity index (χ3n) is 3.26. The lowest BCUT2D eigenvalue weighted by Gasteiger charge is -2.25. The highest BCUT2D eigenvalue weighted by Gasteiger charge is 2.30. The molecule has 0 radical (unpaired) electrons. The van der Waals surface area contributed by atoms with Gasteiger partial charge in [0.15, 0.2) is 0 Å². The molecule has 0 saturated heterocycles. The van der Waals surface area contributed by atoms with E-state index in [2.05, 4.69) is 5.32 Å². The molecular formula is C15H22ClNO3. The van der Waals surface area contributed by atoms with E-state index in [9.17, 15) is 4.79 Å². The fourth-order valence-electron chi connectivity index (χ4n) is 1.57. The van der Waals surface area contributed by atoms with Crippen molar-refractivity contribution in [2.75, 3.05) is 19.0 Å². The summed E-state index contributed by atoms with van der Waals surface area (Å²) < 4.78 is 10.7. The molecule has 1 amide bonds. The molecule has 0 bridgehead atoms. The van der Waals surface area contributed by atoms with E-state index in [1.54, 1.807) is 25.1 Å². The summed E-state index contributed by atoms with van der Waals surface area (Å²) >= 11 is 6.12. The number of hydrogen-bond donors (Lipinski definition) is 1. The number of nitrogens with one attached hydrogen (secondary N) is 1. The molecule has 0 fully saturated rings. The topological polar surface area (TPSA) is 47.6 Å². The van der Waals surface area contributed by atoms with Gasteiger partial charge in [-0.25, -0.2) is 0 Å². The van der Waals surface area contributed by atoms with Crippen molar-refractivity contribution >= 4 is 23.2 Å². The van der Waals surface area contributed by atoms with Gasteiger partial charge in [0.05, 0.1) is 11.6 Å². The maximum absolute atomic E-state index is 12.2. The molecule has 0 aliphatic rings. The Morgan fingerprint density at radius 2 is 2.10 bits per heavy atom. The van der Waals surface area contributed by atoms with Crippen LogP contribution in [0.4, 0.5) is 5.69 Å². The zero-order chi connectivity index (χ0) is 15.2. The van der Waals surface area contributed by atoms with Gasteiger partial charge in [-0.3, -0.25) is 4.79 Å². The first kappa shape index (κ1) is 16.8. The van der Waals surface area contributed by atoms with E-state index in [0.29, 0.717) is 29.5 Å². The van der Waals surface area contributed by atoms with Crippen LogP contribution in [0.2, 0.25) is 5.02 Å². The molecule has 1 atom stereocenters. The van der Waals surface area contributed by atoms with Gasteiger partial charge in [0.25, 0.3) is 5.91 Å². The molecule has 0 spiro atoms. The number of carbonyl (C=O) groups excluding carboxylic acids is 1. The van der Waals surface area contributed by atoms with Crippen LogP contribution in [0.25, 0.3) is 0 Å². The number of methoxy groups -OCH3 is 1. The van der Waals surface area contributed by atoms with Crippen molar-refractivity contribution in [3.05, 3.63) is 23.2 Å². The molecule has 0 aromatic heterocycles. The molecule has 20 heavy (non-hydrogen) atoms. The molecule has 0 saturated carbocycles. The summed E-state index contributed by atoms with van der Waals surface area (Å²) in [5.74, 6) is 0.428. The molecule has 5 heteroatoms. The van der Waals surface area contributed by atoms with Gasteiger partial charge in [-0.05, 0) is 38.0 Å². The summed E-state index contributed by atoms with van der Waals surface area (Å²) in [6.07, 6.45) is 1.50. The Hall–Kier alpha value is -1.26. The Morgan fingerprint density at radius 3 is 2.60 bits per heavy atom. The molecule has 1 unspecified atom stereocenters. The molecule has 0 heterocycles. The molecule has 1 rings (SSSR count). The Morgan fingerprint density at radius 1 is 1.40 bits per heavy atom. The van der Waals surface area contributed by atoms with E-state index >= 15 is 0 Å². The molecule has 4 nitrogen and oxygen atoms in total. The van der Waals surface area contributed by atoms with Crippen LogP contribution in [0.15, 0.2) is 18.2 Å². The van der Waals surface area contributed by atoms with Crippen LogP contribution in [0.5, 0.6) is 5.75 Å². The number of anilines is 1. The second-order valence-electron chi connectivity index (χ2n) is 4.74. The third kappa shape index (κ3) is 4.12. The van der Waals surface area contributed by atoms with Gasteiger partial charge < -0.3 is 14.8 Å². The molecule has 1 aromatic carbocycles. The van der Waals surface area contributed by atoms with Crippen LogP contribution in [-0.4, -0.2) is 25.2 Å². The lowest BCUT2D eigenvalue weighted by Crippen LogP contribution is -2.41. The normalized spacial score (nSPS) is 13.7. The smallest absolute Gasteiger partial charge is 0.256 e. The first-order valence-corrected chi connectivity index (χ1v) is 7.13. The summed E-state index contributed by atoms with van der Waals surface area (Å²) in [5.41, 5.74) is -0.218. The van der Waals surface area contributed by atoms with Crippen molar-refractivity contribution in [1.82, 2.24) is 0 Å². The minimum absolute atomic E-state index is 0.194. The van der Waals surface area contributed by atoms with Crippen molar-refractivity contribution < 1.29 is 14.3 Å². The predicted octanol–water partition coefficient (Wildman–Crippen LogP) is 3.88. The number of benzene rings is 1. The van der Waals surface area contributed by atoms with Crippen LogP contribution in [-0.2, 0) is 9.53 Å². The highest BCUT2D eigenvalue weighted by atomic mass is 35.5. The van der Waals surface area contributed by atoms with Gasteiger partial charge >= 0.3 is 0 Å². The molecule has 1 N–H and O–H groups in total. The number of rotatable bonds is 7. The van der Waals surface area contributed by atoms with Crippen molar-refractivity contribution in [3.63, 3.8) is 0 Å². The van der Waals surface area contributed by atoms with Crippen LogP contribution < -0.4 is 10.1 Å². The van der Waals surface area contributed by atoms with E-state index in [-0.39, 0.29) is 5.91 Å². The number of amides is 1. The second-order valence-corrected chi connectivity index (χ2v) is 5.14. The standard InChI is InChI=1S/C15H22ClNO3/c1-5-9-20-13-8-7-11(10-12(13)16)17-14(18)15(3,6-2)19-4/h7-8,10H,5-6,9H2,1-4H3,(H,17,18). The first-order chi connectivity index (χ1) is 9.46. The summed E-state index contributed by atoms with van der Waals surface area (Å²) in [6.45, 7) is 6.29. The Balaban J connectivity index is 2.79. The maximum atomic E-state index is 12.2. The average Bonchev–Trinajstić information content (AvgIpc) is 2.45. The lowest BCUT2D eigenvalue weighted by atomic mass is 10.0. The SMILES string of the molecule is CCCOc1ccc(NC(=O)C(C)(CC)OC)cc1Cl. The van der Waals surface area contributed by atoms with Crippen LogP contribution in [0.3, 0.4) is 0 Å². The lowest BCUT2D eigenvalue weighted by molar-refractivity contribution is -0.136. The molecule has 0 aliphatic carbocycles. The number of carbonyl (C=O) groups is 1. The van der Waals surface area contributed by atoms with Gasteiger partial charge in [-0.1, -0.05) is 25.4 Å². The zero-order valence-electron chi connectivity index (χ0n) is 12.5. The fourth-order valence-corrected chi connectivity index (χ4v) is 1.80. The molecule has 0 aliphatic heterocycles. The van der Waals surface area contributed by atoms with Crippen LogP contribution in [0, 0.1) is 0 Å². The number of hydrogen-bond acceptors (Lipinski definition) is 3. The van der Waals surface area contributed by atoms with Crippen molar-refractivity contribution in [3.8, 4) is 5.75 Å². The average molecular weight is 300 g/mol. The Kier molecular flexibility index (Phi) is 6.30. The summed E-state index contributed by atoms with van der Waals surface area (Å²) in [6, 6.07) is 5.19. The van der Waals surface area contributed by atoms with Gasteiger partial charge in [-0.2, -0.15) is 0 Å². The van der Waals surface area contributed by atoms with Crippen LogP contribution >= 0.6 is 11.6 Å². The summed E-state index contributed by atoms with van der Waals surface area (Å²) in [4.78, 5) is 12.2. The minimum Gasteiger partial charge on any atom is -0.492 e. The minimum atomic E-state index is -0.843. The van der Waals surface area contributed by atoms with Crippen molar-refractivity contribution in [2.24, 2.45) is 0 Å². The van der Waals surface area contributed by atoms with Gasteiger partial charge in [0, 0.05) is 12.8 Å². The maximum Gasteiger partial charge on any atom is 0.256 e. The van der Waals surface area contributed by atoms with Crippen LogP contribution in [0.1, 0.15) is 33.6 Å². The van der Waals surface area contributed by atoms with E-state index in [1.807, 2.05) is 13.8 Å². The Labute approximate surface area is 125 Å². The highest BCUT2D eigenvalue weighted by Crippen LogP contribution is 2.28. The monoisotopic (exact) mass is 299 g/mol. The molecular weight excluding hydrogens is 278 g/mol. The third-order valence-corrected chi connectivity index (χ3v) is 3.55. The van der Waals surface area contributed by atoms with Gasteiger partial charge in [0.2, 0.25) is 0 Å². The van der Waals surface area contributed by atoms with Gasteiger partial charge in [-0.15, -0.1) is 0 Å². The van der Waals surface area contributed by atoms with E-state index in [1.165, 1.54) is 7.11 Å². The van der Waals surface area contributed by atoms with E-state index in [0.717, 1.165) is 6.42 Å². The fraction of sp³-hybridized carbons (Fsp3) is 0.533.